The van der Waals surface area contributed by atoms with E-state index in [1.54, 1.807) is 6.92 Å². The number of nitrogens with two attached hydrogens (primary N) is 1. The van der Waals surface area contributed by atoms with Gasteiger partial charge in [0.15, 0.2) is 0 Å². The maximum absolute atomic E-state index is 11.7. The average Bonchev–Trinajstić information content (AvgIpc) is 2.77. The molecule has 17 heavy (non-hydrogen) atoms. The molecule has 1 heterocycles. The molecular formula is C13H24N2O2. The van der Waals surface area contributed by atoms with E-state index in [1.165, 1.54) is 19.3 Å². The summed E-state index contributed by atoms with van der Waals surface area (Å²) >= 11 is 0. The summed E-state index contributed by atoms with van der Waals surface area (Å²) in [4.78, 5) is 14.1. The molecule has 0 bridgehead atoms. The molecular weight excluding hydrogens is 216 g/mol. The van der Waals surface area contributed by atoms with E-state index in [2.05, 4.69) is 4.90 Å². The lowest BCUT2D eigenvalue weighted by atomic mass is 10.0. The van der Waals surface area contributed by atoms with E-state index < -0.39 is 5.54 Å². The highest BCUT2D eigenvalue weighted by Crippen LogP contribution is 2.37. The van der Waals surface area contributed by atoms with Gasteiger partial charge in [0.1, 0.15) is 5.54 Å². The average molecular weight is 240 g/mol. The fourth-order valence-electron chi connectivity index (χ4n) is 3.29. The molecule has 1 aliphatic heterocycles. The van der Waals surface area contributed by atoms with Crippen molar-refractivity contribution in [1.29, 1.82) is 0 Å². The summed E-state index contributed by atoms with van der Waals surface area (Å²) in [6.45, 7) is 6.83. The summed E-state index contributed by atoms with van der Waals surface area (Å²) in [6.07, 6.45) is 4.07. The van der Waals surface area contributed by atoms with Crippen molar-refractivity contribution >= 4 is 5.97 Å². The van der Waals surface area contributed by atoms with Gasteiger partial charge in [-0.15, -0.1) is 0 Å². The Bertz CT molecular complexity index is 279. The first-order valence-corrected chi connectivity index (χ1v) is 6.71. The van der Waals surface area contributed by atoms with Gasteiger partial charge in [0.05, 0.1) is 6.61 Å². The first-order valence-electron chi connectivity index (χ1n) is 6.71. The van der Waals surface area contributed by atoms with Gasteiger partial charge >= 0.3 is 5.97 Å². The Kier molecular flexibility index (Phi) is 3.73. The van der Waals surface area contributed by atoms with Crippen LogP contribution in [0.5, 0.6) is 0 Å². The third-order valence-electron chi connectivity index (χ3n) is 4.10. The summed E-state index contributed by atoms with van der Waals surface area (Å²) in [5.74, 6) is 1.40. The normalized spacial score (nSPS) is 32.2. The summed E-state index contributed by atoms with van der Waals surface area (Å²) < 4.78 is 5.02. The standard InChI is InChI=1S/C13H24N2O2/c1-3-17-12(16)13(2,14)9-15-7-10-5-4-6-11(10)8-15/h10-11H,3-9,14H2,1-2H3. The monoisotopic (exact) mass is 240 g/mol. The fourth-order valence-corrected chi connectivity index (χ4v) is 3.29. The minimum atomic E-state index is -0.866. The number of carbonyl (C=O) groups is 1. The van der Waals surface area contributed by atoms with Gasteiger partial charge in [-0.3, -0.25) is 4.79 Å². The number of likely N-dealkylation sites (tertiary alicyclic amines) is 1. The molecule has 1 aliphatic carbocycles. The van der Waals surface area contributed by atoms with Crippen molar-refractivity contribution in [3.8, 4) is 0 Å². The Morgan fingerprint density at radius 3 is 2.53 bits per heavy atom. The quantitative estimate of drug-likeness (QED) is 0.745. The first-order chi connectivity index (χ1) is 8.03. The molecule has 2 rings (SSSR count). The Balaban J connectivity index is 1.86. The number of hydrogen-bond acceptors (Lipinski definition) is 4. The van der Waals surface area contributed by atoms with Gasteiger partial charge in [-0.05, 0) is 38.5 Å². The second-order valence-electron chi connectivity index (χ2n) is 5.78. The lowest BCUT2D eigenvalue weighted by Crippen LogP contribution is -2.54. The van der Waals surface area contributed by atoms with Crippen LogP contribution in [0.1, 0.15) is 33.1 Å². The minimum absolute atomic E-state index is 0.281. The van der Waals surface area contributed by atoms with Crippen LogP contribution >= 0.6 is 0 Å². The van der Waals surface area contributed by atoms with Crippen molar-refractivity contribution in [3.63, 3.8) is 0 Å². The molecule has 1 saturated carbocycles. The van der Waals surface area contributed by atoms with Crippen LogP contribution in [-0.2, 0) is 9.53 Å². The molecule has 4 heteroatoms. The summed E-state index contributed by atoms with van der Waals surface area (Å²) in [5, 5.41) is 0. The summed E-state index contributed by atoms with van der Waals surface area (Å²) in [7, 11) is 0. The minimum Gasteiger partial charge on any atom is -0.465 e. The molecule has 0 aromatic rings. The molecule has 0 spiro atoms. The molecule has 1 saturated heterocycles. The Labute approximate surface area is 103 Å². The van der Waals surface area contributed by atoms with Crippen LogP contribution < -0.4 is 5.73 Å². The summed E-state index contributed by atoms with van der Waals surface area (Å²) in [5.41, 5.74) is 5.19. The zero-order chi connectivity index (χ0) is 12.5. The molecule has 2 N–H and O–H groups in total. The van der Waals surface area contributed by atoms with Crippen molar-refractivity contribution < 1.29 is 9.53 Å². The van der Waals surface area contributed by atoms with Gasteiger partial charge in [0.2, 0.25) is 0 Å². The lowest BCUT2D eigenvalue weighted by molar-refractivity contribution is -0.149. The Morgan fingerprint density at radius 2 is 2.00 bits per heavy atom. The van der Waals surface area contributed by atoms with Crippen molar-refractivity contribution in [2.75, 3.05) is 26.2 Å². The highest BCUT2D eigenvalue weighted by Gasteiger charge is 2.40. The van der Waals surface area contributed by atoms with Crippen LogP contribution in [-0.4, -0.2) is 42.6 Å². The summed E-state index contributed by atoms with van der Waals surface area (Å²) in [6, 6.07) is 0. The molecule has 3 atom stereocenters. The van der Waals surface area contributed by atoms with Crippen LogP contribution in [0.4, 0.5) is 0 Å². The van der Waals surface area contributed by atoms with Crippen LogP contribution in [0.15, 0.2) is 0 Å². The Morgan fingerprint density at radius 1 is 1.41 bits per heavy atom. The number of fused-ring (bicyclic) bond motifs is 1. The first kappa shape index (κ1) is 12.8. The van der Waals surface area contributed by atoms with Crippen molar-refractivity contribution in [2.45, 2.75) is 38.6 Å². The van der Waals surface area contributed by atoms with E-state index in [4.69, 9.17) is 10.5 Å². The molecule has 0 amide bonds. The number of nitrogens with zero attached hydrogens (tertiary/aromatic N) is 1. The van der Waals surface area contributed by atoms with Gasteiger partial charge in [0.25, 0.3) is 0 Å². The molecule has 4 nitrogen and oxygen atoms in total. The number of hydrogen-bond donors (Lipinski definition) is 1. The number of carbonyl (C=O) groups excluding carboxylic acids is 1. The van der Waals surface area contributed by atoms with Gasteiger partial charge < -0.3 is 15.4 Å². The highest BCUT2D eigenvalue weighted by molar-refractivity contribution is 5.80. The zero-order valence-corrected chi connectivity index (χ0v) is 10.9. The van der Waals surface area contributed by atoms with E-state index >= 15 is 0 Å². The second kappa shape index (κ2) is 4.94. The van der Waals surface area contributed by atoms with Crippen LogP contribution in [0, 0.1) is 11.8 Å². The zero-order valence-electron chi connectivity index (χ0n) is 10.9. The van der Waals surface area contributed by atoms with E-state index in [1.807, 2.05) is 6.92 Å². The van der Waals surface area contributed by atoms with E-state index in [0.717, 1.165) is 24.9 Å². The number of ether oxygens (including phenoxy) is 1. The highest BCUT2D eigenvalue weighted by atomic mass is 16.5. The third kappa shape index (κ3) is 2.80. The molecule has 3 unspecified atom stereocenters. The van der Waals surface area contributed by atoms with Gasteiger partial charge in [0, 0.05) is 19.6 Å². The molecule has 2 fully saturated rings. The second-order valence-corrected chi connectivity index (χ2v) is 5.78. The van der Waals surface area contributed by atoms with Crippen LogP contribution in [0.3, 0.4) is 0 Å². The van der Waals surface area contributed by atoms with E-state index in [0.29, 0.717) is 13.2 Å². The SMILES string of the molecule is CCOC(=O)C(C)(N)CN1CC2CCCC2C1. The maximum Gasteiger partial charge on any atom is 0.327 e. The molecule has 0 aromatic carbocycles. The van der Waals surface area contributed by atoms with Crippen molar-refractivity contribution in [2.24, 2.45) is 17.6 Å². The van der Waals surface area contributed by atoms with Gasteiger partial charge in [-0.1, -0.05) is 6.42 Å². The van der Waals surface area contributed by atoms with E-state index in [-0.39, 0.29) is 5.97 Å². The van der Waals surface area contributed by atoms with E-state index in [9.17, 15) is 4.79 Å². The molecule has 0 aromatic heterocycles. The smallest absolute Gasteiger partial charge is 0.327 e. The van der Waals surface area contributed by atoms with Gasteiger partial charge in [-0.25, -0.2) is 0 Å². The van der Waals surface area contributed by atoms with Crippen LogP contribution in [0.2, 0.25) is 0 Å². The number of esters is 1. The van der Waals surface area contributed by atoms with Gasteiger partial charge in [-0.2, -0.15) is 0 Å². The molecule has 2 aliphatic rings. The predicted molar refractivity (Wildman–Crippen MR) is 66.5 cm³/mol. The topological polar surface area (TPSA) is 55.6 Å². The fraction of sp³-hybridized carbons (Fsp3) is 0.923. The van der Waals surface area contributed by atoms with Crippen LogP contribution in [0.25, 0.3) is 0 Å². The largest absolute Gasteiger partial charge is 0.465 e. The molecule has 0 radical (unpaired) electrons. The third-order valence-corrected chi connectivity index (χ3v) is 4.10. The number of rotatable bonds is 4. The lowest BCUT2D eigenvalue weighted by Gasteiger charge is -2.28. The van der Waals surface area contributed by atoms with Crippen molar-refractivity contribution in [3.05, 3.63) is 0 Å². The van der Waals surface area contributed by atoms with Crippen molar-refractivity contribution in [1.82, 2.24) is 4.90 Å². The maximum atomic E-state index is 11.7. The predicted octanol–water partition coefficient (Wildman–Crippen LogP) is 0.999. The Hall–Kier alpha value is -0.610. The molecule has 98 valence electrons.